The predicted molar refractivity (Wildman–Crippen MR) is 84.1 cm³/mol. The van der Waals surface area contributed by atoms with Crippen molar-refractivity contribution in [1.29, 1.82) is 5.26 Å². The molecule has 0 atom stereocenters. The summed E-state index contributed by atoms with van der Waals surface area (Å²) < 4.78 is 10.1. The number of esters is 1. The third-order valence-corrected chi connectivity index (χ3v) is 3.19. The standard InChI is InChI=1S/C17H16N2O4/c1-3-22-16(20)10-23-14-6-4-12(5-7-14)15-8-13(9-18)17(21)19-11(15)2/h4-8H,3,10H2,1-2H3,(H,19,21). The number of carbonyl (C=O) groups is 1. The van der Waals surface area contributed by atoms with Gasteiger partial charge in [0, 0.05) is 11.3 Å². The van der Waals surface area contributed by atoms with Crippen molar-refractivity contribution in [2.24, 2.45) is 0 Å². The van der Waals surface area contributed by atoms with Crippen LogP contribution in [0.5, 0.6) is 5.75 Å². The fourth-order valence-corrected chi connectivity index (χ4v) is 2.08. The molecule has 0 radical (unpaired) electrons. The van der Waals surface area contributed by atoms with Crippen molar-refractivity contribution in [2.45, 2.75) is 13.8 Å². The van der Waals surface area contributed by atoms with Crippen LogP contribution in [-0.4, -0.2) is 24.2 Å². The zero-order chi connectivity index (χ0) is 16.8. The molecular formula is C17H16N2O4. The van der Waals surface area contributed by atoms with Gasteiger partial charge in [0.05, 0.1) is 6.61 Å². The van der Waals surface area contributed by atoms with Crippen LogP contribution < -0.4 is 10.3 Å². The van der Waals surface area contributed by atoms with Gasteiger partial charge in [-0.2, -0.15) is 5.26 Å². The van der Waals surface area contributed by atoms with Gasteiger partial charge in [-0.05, 0) is 37.6 Å². The number of ether oxygens (including phenoxy) is 2. The van der Waals surface area contributed by atoms with E-state index in [1.54, 1.807) is 44.2 Å². The Kier molecular flexibility index (Phi) is 5.15. The Morgan fingerprint density at radius 1 is 1.30 bits per heavy atom. The van der Waals surface area contributed by atoms with Crippen LogP contribution in [0.25, 0.3) is 11.1 Å². The van der Waals surface area contributed by atoms with E-state index in [9.17, 15) is 9.59 Å². The van der Waals surface area contributed by atoms with E-state index in [1.165, 1.54) is 0 Å². The summed E-state index contributed by atoms with van der Waals surface area (Å²) in [5.41, 5.74) is 1.93. The van der Waals surface area contributed by atoms with Gasteiger partial charge in [-0.3, -0.25) is 4.79 Å². The SMILES string of the molecule is CCOC(=O)COc1ccc(-c2cc(C#N)c(=O)[nH]c2C)cc1. The monoisotopic (exact) mass is 312 g/mol. The molecule has 0 fully saturated rings. The molecule has 0 saturated carbocycles. The number of hydrogen-bond acceptors (Lipinski definition) is 5. The number of rotatable bonds is 5. The van der Waals surface area contributed by atoms with Gasteiger partial charge in [0.2, 0.25) is 0 Å². The summed E-state index contributed by atoms with van der Waals surface area (Å²) in [6, 6.07) is 10.4. The lowest BCUT2D eigenvalue weighted by Gasteiger charge is -2.09. The zero-order valence-electron chi connectivity index (χ0n) is 12.9. The van der Waals surface area contributed by atoms with E-state index in [0.29, 0.717) is 18.1 Å². The van der Waals surface area contributed by atoms with Crippen molar-refractivity contribution in [1.82, 2.24) is 4.98 Å². The van der Waals surface area contributed by atoms with E-state index in [2.05, 4.69) is 4.98 Å². The molecule has 1 N–H and O–H groups in total. The quantitative estimate of drug-likeness (QED) is 0.854. The van der Waals surface area contributed by atoms with E-state index in [0.717, 1.165) is 11.1 Å². The first-order valence-corrected chi connectivity index (χ1v) is 7.08. The van der Waals surface area contributed by atoms with Crippen LogP contribution in [-0.2, 0) is 9.53 Å². The Morgan fingerprint density at radius 2 is 2.00 bits per heavy atom. The summed E-state index contributed by atoms with van der Waals surface area (Å²) in [6.07, 6.45) is 0. The summed E-state index contributed by atoms with van der Waals surface area (Å²) in [5.74, 6) is 0.108. The molecule has 0 unspecified atom stereocenters. The number of H-pyrrole nitrogens is 1. The highest BCUT2D eigenvalue weighted by molar-refractivity contribution is 5.71. The Morgan fingerprint density at radius 3 is 2.61 bits per heavy atom. The van der Waals surface area contributed by atoms with Gasteiger partial charge >= 0.3 is 5.97 Å². The minimum Gasteiger partial charge on any atom is -0.482 e. The molecule has 6 nitrogen and oxygen atoms in total. The Hall–Kier alpha value is -3.07. The van der Waals surface area contributed by atoms with Crippen LogP contribution in [0.2, 0.25) is 0 Å². The van der Waals surface area contributed by atoms with Crippen molar-refractivity contribution in [2.75, 3.05) is 13.2 Å². The highest BCUT2D eigenvalue weighted by Crippen LogP contribution is 2.24. The second kappa shape index (κ2) is 7.27. The first-order valence-electron chi connectivity index (χ1n) is 7.08. The minimum atomic E-state index is -0.424. The molecule has 0 aliphatic heterocycles. The van der Waals surface area contributed by atoms with Crippen molar-refractivity contribution in [3.8, 4) is 22.9 Å². The molecule has 23 heavy (non-hydrogen) atoms. The maximum atomic E-state index is 11.6. The number of aromatic nitrogens is 1. The highest BCUT2D eigenvalue weighted by atomic mass is 16.6. The number of nitrogens with one attached hydrogen (secondary N) is 1. The van der Waals surface area contributed by atoms with Crippen molar-refractivity contribution in [3.05, 3.63) is 51.9 Å². The molecule has 1 aromatic heterocycles. The van der Waals surface area contributed by atoms with E-state index in [4.69, 9.17) is 14.7 Å². The third-order valence-electron chi connectivity index (χ3n) is 3.19. The normalized spacial score (nSPS) is 9.96. The molecule has 0 aliphatic carbocycles. The number of nitrogens with zero attached hydrogens (tertiary/aromatic N) is 1. The number of aryl methyl sites for hydroxylation is 1. The van der Waals surface area contributed by atoms with Crippen LogP contribution >= 0.6 is 0 Å². The van der Waals surface area contributed by atoms with Gasteiger partial charge in [-0.25, -0.2) is 4.79 Å². The molecule has 0 aliphatic rings. The van der Waals surface area contributed by atoms with E-state index in [1.807, 2.05) is 6.07 Å². The summed E-state index contributed by atoms with van der Waals surface area (Å²) >= 11 is 0. The Labute approximate surface area is 133 Å². The lowest BCUT2D eigenvalue weighted by Crippen LogP contribution is -2.14. The number of benzene rings is 1. The van der Waals surface area contributed by atoms with Crippen molar-refractivity contribution < 1.29 is 14.3 Å². The van der Waals surface area contributed by atoms with Gasteiger partial charge in [-0.15, -0.1) is 0 Å². The topological polar surface area (TPSA) is 92.2 Å². The lowest BCUT2D eigenvalue weighted by molar-refractivity contribution is -0.145. The molecule has 0 spiro atoms. The average molecular weight is 312 g/mol. The molecule has 6 heteroatoms. The lowest BCUT2D eigenvalue weighted by atomic mass is 10.0. The third kappa shape index (κ3) is 3.98. The Bertz CT molecular complexity index is 801. The zero-order valence-corrected chi connectivity index (χ0v) is 12.9. The maximum absolute atomic E-state index is 11.6. The molecule has 2 rings (SSSR count). The van der Waals surface area contributed by atoms with Gasteiger partial charge < -0.3 is 14.5 Å². The predicted octanol–water partition coefficient (Wildman–Crippen LogP) is 2.16. The summed E-state index contributed by atoms with van der Waals surface area (Å²) in [7, 11) is 0. The summed E-state index contributed by atoms with van der Waals surface area (Å²) in [6.45, 7) is 3.66. The molecule has 118 valence electrons. The average Bonchev–Trinajstić information content (AvgIpc) is 2.54. The fraction of sp³-hybridized carbons (Fsp3) is 0.235. The number of pyridine rings is 1. The largest absolute Gasteiger partial charge is 0.482 e. The number of nitriles is 1. The fourth-order valence-electron chi connectivity index (χ4n) is 2.08. The molecule has 1 aromatic carbocycles. The van der Waals surface area contributed by atoms with Crippen LogP contribution in [0.1, 0.15) is 18.2 Å². The van der Waals surface area contributed by atoms with Gasteiger partial charge in [0.1, 0.15) is 17.4 Å². The first-order chi connectivity index (χ1) is 11.0. The molecule has 1 heterocycles. The van der Waals surface area contributed by atoms with E-state index in [-0.39, 0.29) is 12.2 Å². The summed E-state index contributed by atoms with van der Waals surface area (Å²) in [5, 5.41) is 8.96. The maximum Gasteiger partial charge on any atom is 0.344 e. The van der Waals surface area contributed by atoms with Crippen LogP contribution in [0.4, 0.5) is 0 Å². The van der Waals surface area contributed by atoms with Crippen molar-refractivity contribution in [3.63, 3.8) is 0 Å². The number of hydrogen-bond donors (Lipinski definition) is 1. The highest BCUT2D eigenvalue weighted by Gasteiger charge is 2.08. The second-order valence-electron chi connectivity index (χ2n) is 4.78. The first kappa shape index (κ1) is 16.3. The molecule has 0 bridgehead atoms. The minimum absolute atomic E-state index is 0.0632. The Balaban J connectivity index is 2.19. The second-order valence-corrected chi connectivity index (χ2v) is 4.78. The van der Waals surface area contributed by atoms with Gasteiger partial charge in [-0.1, -0.05) is 12.1 Å². The molecule has 2 aromatic rings. The number of carbonyl (C=O) groups excluding carboxylic acids is 1. The number of aromatic amines is 1. The van der Waals surface area contributed by atoms with Gasteiger partial charge in [0.15, 0.2) is 6.61 Å². The van der Waals surface area contributed by atoms with Gasteiger partial charge in [0.25, 0.3) is 5.56 Å². The molecule has 0 amide bonds. The van der Waals surface area contributed by atoms with Crippen molar-refractivity contribution >= 4 is 5.97 Å². The van der Waals surface area contributed by atoms with E-state index >= 15 is 0 Å². The smallest absolute Gasteiger partial charge is 0.344 e. The van der Waals surface area contributed by atoms with E-state index < -0.39 is 11.5 Å². The van der Waals surface area contributed by atoms with Crippen LogP contribution in [0, 0.1) is 18.3 Å². The van der Waals surface area contributed by atoms with Crippen LogP contribution in [0.3, 0.4) is 0 Å². The molecule has 0 saturated heterocycles. The molecular weight excluding hydrogens is 296 g/mol. The summed E-state index contributed by atoms with van der Waals surface area (Å²) in [4.78, 5) is 25.5. The van der Waals surface area contributed by atoms with Crippen LogP contribution in [0.15, 0.2) is 35.1 Å².